The van der Waals surface area contributed by atoms with Crippen LogP contribution in [-0.2, 0) is 19.2 Å². The molecule has 2 saturated heterocycles. The van der Waals surface area contributed by atoms with Gasteiger partial charge in [-0.1, -0.05) is 54.6 Å². The fraction of sp³-hybridized carbons (Fsp3) is 0.417. The van der Waals surface area contributed by atoms with Gasteiger partial charge in [0.2, 0.25) is 23.6 Å². The summed E-state index contributed by atoms with van der Waals surface area (Å²) in [5.41, 5.74) is 1.11. The maximum absolute atomic E-state index is 12.6. The van der Waals surface area contributed by atoms with Gasteiger partial charge in [-0.15, -0.1) is 0 Å². The van der Waals surface area contributed by atoms with Gasteiger partial charge in [-0.3, -0.25) is 29.8 Å². The Morgan fingerprint density at radius 2 is 1.37 bits per heavy atom. The average Bonchev–Trinajstić information content (AvgIpc) is 3.22. The number of rotatable bonds is 4. The summed E-state index contributed by atoms with van der Waals surface area (Å²) in [4.78, 5) is 49.6. The van der Waals surface area contributed by atoms with Gasteiger partial charge in [0.15, 0.2) is 0 Å². The van der Waals surface area contributed by atoms with E-state index in [0.717, 1.165) is 12.0 Å². The van der Waals surface area contributed by atoms with E-state index in [1.165, 1.54) is 0 Å². The number of carbonyl (C=O) groups excluding carboxylic acids is 4. The third kappa shape index (κ3) is 3.02. The van der Waals surface area contributed by atoms with Crippen LogP contribution in [0.1, 0.15) is 30.7 Å². The van der Waals surface area contributed by atoms with E-state index in [4.69, 9.17) is 0 Å². The molecule has 1 aromatic rings. The highest BCUT2D eigenvalue weighted by atomic mass is 16.2. The molecule has 2 fully saturated rings. The van der Waals surface area contributed by atoms with E-state index in [1.54, 1.807) is 0 Å². The second-order valence-corrected chi connectivity index (χ2v) is 8.81. The van der Waals surface area contributed by atoms with Crippen LogP contribution >= 0.6 is 0 Å². The molecular formula is C24H24N2O4. The van der Waals surface area contributed by atoms with Crippen molar-refractivity contribution in [2.45, 2.75) is 25.2 Å². The van der Waals surface area contributed by atoms with Gasteiger partial charge < -0.3 is 0 Å². The molecule has 4 aliphatic rings. The molecule has 6 heteroatoms. The smallest absolute Gasteiger partial charge is 0.234 e. The van der Waals surface area contributed by atoms with Gasteiger partial charge in [-0.05, 0) is 42.6 Å². The third-order valence-electron chi connectivity index (χ3n) is 7.28. The number of allylic oxidation sites excluding steroid dienone is 2. The molecule has 2 aliphatic carbocycles. The minimum absolute atomic E-state index is 0.0148. The van der Waals surface area contributed by atoms with Gasteiger partial charge in [-0.25, -0.2) is 0 Å². The molecule has 7 atom stereocenters. The molecule has 2 heterocycles. The van der Waals surface area contributed by atoms with Crippen LogP contribution in [0.3, 0.4) is 0 Å². The maximum Gasteiger partial charge on any atom is 0.234 e. The summed E-state index contributed by atoms with van der Waals surface area (Å²) in [6, 6.07) is 10.0. The molecule has 30 heavy (non-hydrogen) atoms. The monoisotopic (exact) mass is 404 g/mol. The molecule has 0 saturated carbocycles. The van der Waals surface area contributed by atoms with Crippen LogP contribution in [0.25, 0.3) is 0 Å². The molecule has 2 N–H and O–H groups in total. The summed E-state index contributed by atoms with van der Waals surface area (Å²) in [7, 11) is 0. The van der Waals surface area contributed by atoms with Crippen molar-refractivity contribution in [3.05, 3.63) is 60.2 Å². The zero-order chi connectivity index (χ0) is 20.8. The topological polar surface area (TPSA) is 92.3 Å². The maximum atomic E-state index is 12.6. The normalized spacial score (nSPS) is 35.6. The fourth-order valence-electron chi connectivity index (χ4n) is 5.93. The van der Waals surface area contributed by atoms with E-state index >= 15 is 0 Å². The first-order valence-corrected chi connectivity index (χ1v) is 10.6. The summed E-state index contributed by atoms with van der Waals surface area (Å²) in [5, 5.41) is 4.98. The number of amides is 4. The Bertz CT molecular complexity index is 967. The number of fused-ring (bicyclic) bond motifs is 2. The number of hydrogen-bond donors (Lipinski definition) is 2. The number of benzene rings is 1. The zero-order valence-electron chi connectivity index (χ0n) is 16.5. The van der Waals surface area contributed by atoms with Crippen molar-refractivity contribution in [2.75, 3.05) is 0 Å². The highest BCUT2D eigenvalue weighted by Crippen LogP contribution is 2.48. The van der Waals surface area contributed by atoms with Crippen LogP contribution in [0, 0.1) is 35.5 Å². The van der Waals surface area contributed by atoms with Gasteiger partial charge in [0.1, 0.15) is 0 Å². The minimum Gasteiger partial charge on any atom is -0.296 e. The van der Waals surface area contributed by atoms with Gasteiger partial charge in [0.25, 0.3) is 0 Å². The molecule has 5 rings (SSSR count). The van der Waals surface area contributed by atoms with E-state index in [9.17, 15) is 19.2 Å². The van der Waals surface area contributed by atoms with Crippen molar-refractivity contribution in [2.24, 2.45) is 35.5 Å². The Morgan fingerprint density at radius 3 is 2.07 bits per heavy atom. The molecule has 6 nitrogen and oxygen atoms in total. The standard InChI is InChI=1S/C24H24N2O4/c27-21-16-10-4-8-14(19(16)23(29)25-21)12-18(13-6-2-1-3-7-13)15-9-5-11-17-20(15)24(30)26-22(17)28/h1-7,10-11,14-20H,8-9,12H2,(H,25,27,29)(H,26,28,30). The van der Waals surface area contributed by atoms with Gasteiger partial charge in [0.05, 0.1) is 23.7 Å². The Balaban J connectivity index is 1.50. The Morgan fingerprint density at radius 1 is 0.767 bits per heavy atom. The highest BCUT2D eigenvalue weighted by molar-refractivity contribution is 6.07. The van der Waals surface area contributed by atoms with Crippen molar-refractivity contribution in [3.8, 4) is 0 Å². The van der Waals surface area contributed by atoms with E-state index in [2.05, 4.69) is 22.8 Å². The van der Waals surface area contributed by atoms with Crippen molar-refractivity contribution in [1.82, 2.24) is 10.6 Å². The predicted octanol–water partition coefficient (Wildman–Crippen LogP) is 2.09. The summed E-state index contributed by atoms with van der Waals surface area (Å²) in [6.07, 6.45) is 9.85. The molecule has 4 amide bonds. The van der Waals surface area contributed by atoms with E-state index in [-0.39, 0.29) is 53.2 Å². The molecule has 2 aliphatic heterocycles. The number of imide groups is 2. The molecule has 1 aromatic carbocycles. The molecular weight excluding hydrogens is 380 g/mol. The average molecular weight is 404 g/mol. The number of nitrogens with one attached hydrogen (secondary N) is 2. The van der Waals surface area contributed by atoms with Crippen LogP contribution < -0.4 is 10.6 Å². The van der Waals surface area contributed by atoms with Gasteiger partial charge in [0, 0.05) is 0 Å². The van der Waals surface area contributed by atoms with E-state index in [0.29, 0.717) is 12.8 Å². The first-order valence-electron chi connectivity index (χ1n) is 10.6. The number of hydrogen-bond acceptors (Lipinski definition) is 4. The Kier molecular flexibility index (Phi) is 4.65. The fourth-order valence-corrected chi connectivity index (χ4v) is 5.93. The lowest BCUT2D eigenvalue weighted by atomic mass is 9.64. The zero-order valence-corrected chi connectivity index (χ0v) is 16.5. The first kappa shape index (κ1) is 19.0. The van der Waals surface area contributed by atoms with Crippen molar-refractivity contribution in [3.63, 3.8) is 0 Å². The summed E-state index contributed by atoms with van der Waals surface area (Å²) in [5.74, 6) is -2.40. The first-order chi connectivity index (χ1) is 14.5. The van der Waals surface area contributed by atoms with E-state index in [1.807, 2.05) is 42.5 Å². The summed E-state index contributed by atoms with van der Waals surface area (Å²) in [6.45, 7) is 0. The minimum atomic E-state index is -0.419. The lowest BCUT2D eigenvalue weighted by molar-refractivity contribution is -0.128. The predicted molar refractivity (Wildman–Crippen MR) is 109 cm³/mol. The van der Waals surface area contributed by atoms with Crippen LogP contribution in [-0.4, -0.2) is 23.6 Å². The summed E-state index contributed by atoms with van der Waals surface area (Å²) >= 11 is 0. The molecule has 0 spiro atoms. The van der Waals surface area contributed by atoms with Crippen molar-refractivity contribution < 1.29 is 19.2 Å². The summed E-state index contributed by atoms with van der Waals surface area (Å²) < 4.78 is 0. The van der Waals surface area contributed by atoms with Gasteiger partial charge >= 0.3 is 0 Å². The lowest BCUT2D eigenvalue weighted by Gasteiger charge is -2.38. The molecule has 0 radical (unpaired) electrons. The SMILES string of the molecule is O=C1NC(=O)C2C(CC(c3ccccc3)C3CC=CC4C(=O)NC(=O)C43)CC=CC12. The third-order valence-corrected chi connectivity index (χ3v) is 7.28. The molecule has 7 unspecified atom stereocenters. The van der Waals surface area contributed by atoms with Crippen LogP contribution in [0.4, 0.5) is 0 Å². The number of carbonyl (C=O) groups is 4. The van der Waals surface area contributed by atoms with Crippen molar-refractivity contribution in [1.29, 1.82) is 0 Å². The van der Waals surface area contributed by atoms with E-state index < -0.39 is 11.8 Å². The van der Waals surface area contributed by atoms with Crippen LogP contribution in [0.15, 0.2) is 54.6 Å². The largest absolute Gasteiger partial charge is 0.296 e. The Hall–Kier alpha value is -3.02. The van der Waals surface area contributed by atoms with Crippen LogP contribution in [0.5, 0.6) is 0 Å². The quantitative estimate of drug-likeness (QED) is 0.594. The molecule has 154 valence electrons. The second kappa shape index (κ2) is 7.35. The molecule has 0 bridgehead atoms. The lowest BCUT2D eigenvalue weighted by Crippen LogP contribution is -2.36. The Labute approximate surface area is 174 Å². The van der Waals surface area contributed by atoms with Gasteiger partial charge in [-0.2, -0.15) is 0 Å². The van der Waals surface area contributed by atoms with Crippen LogP contribution in [0.2, 0.25) is 0 Å². The van der Waals surface area contributed by atoms with Crippen molar-refractivity contribution >= 4 is 23.6 Å². The molecule has 0 aromatic heterocycles. The second-order valence-electron chi connectivity index (χ2n) is 8.81. The highest BCUT2D eigenvalue weighted by Gasteiger charge is 2.51.